The third kappa shape index (κ3) is 3.56. The number of hydrogen-bond donors (Lipinski definition) is 1. The van der Waals surface area contributed by atoms with Crippen molar-refractivity contribution < 1.29 is 14.3 Å². The highest BCUT2D eigenvalue weighted by molar-refractivity contribution is 9.10. The van der Waals surface area contributed by atoms with Crippen molar-refractivity contribution in [3.05, 3.63) is 57.2 Å². The lowest BCUT2D eigenvalue weighted by Crippen LogP contribution is -2.30. The second kappa shape index (κ2) is 7.65. The lowest BCUT2D eigenvalue weighted by Gasteiger charge is -2.13. The van der Waals surface area contributed by atoms with E-state index in [9.17, 15) is 4.79 Å². The SMILES string of the molecule is COc1cc(OC)c(/C=C2\NC(=S)N(c3ccc(Cl)cc3)C2=O)cc1Br. The summed E-state index contributed by atoms with van der Waals surface area (Å²) in [6.45, 7) is 0. The molecule has 0 atom stereocenters. The Bertz CT molecular complexity index is 915. The standard InChI is InChI=1S/C18H14BrClN2O3S/c1-24-15-9-16(25-2)13(19)7-10(15)8-14-17(23)22(18(26)21-14)12-5-3-11(20)4-6-12/h3-9H,1-2H3,(H,21,26)/b14-8-. The summed E-state index contributed by atoms with van der Waals surface area (Å²) in [5.41, 5.74) is 1.69. The Kier molecular flexibility index (Phi) is 5.50. The Morgan fingerprint density at radius 1 is 1.15 bits per heavy atom. The summed E-state index contributed by atoms with van der Waals surface area (Å²) in [7, 11) is 3.13. The molecule has 1 heterocycles. The topological polar surface area (TPSA) is 50.8 Å². The van der Waals surface area contributed by atoms with Crippen molar-refractivity contribution in [1.29, 1.82) is 0 Å². The predicted molar refractivity (Wildman–Crippen MR) is 110 cm³/mol. The van der Waals surface area contributed by atoms with Gasteiger partial charge in [0, 0.05) is 16.7 Å². The monoisotopic (exact) mass is 452 g/mol. The molecular weight excluding hydrogens is 440 g/mol. The van der Waals surface area contributed by atoms with Gasteiger partial charge >= 0.3 is 0 Å². The first kappa shape index (κ1) is 18.7. The molecule has 0 aromatic heterocycles. The number of carbonyl (C=O) groups is 1. The number of benzene rings is 2. The van der Waals surface area contributed by atoms with E-state index in [-0.39, 0.29) is 5.91 Å². The van der Waals surface area contributed by atoms with Crippen LogP contribution in [0.4, 0.5) is 5.69 Å². The van der Waals surface area contributed by atoms with Crippen LogP contribution in [0.25, 0.3) is 6.08 Å². The largest absolute Gasteiger partial charge is 0.496 e. The number of hydrogen-bond acceptors (Lipinski definition) is 4. The molecule has 1 fully saturated rings. The molecule has 134 valence electrons. The van der Waals surface area contributed by atoms with E-state index in [1.807, 2.05) is 6.07 Å². The first-order chi connectivity index (χ1) is 12.4. The number of rotatable bonds is 4. The van der Waals surface area contributed by atoms with Crippen LogP contribution in [0.15, 0.2) is 46.6 Å². The highest BCUT2D eigenvalue weighted by Crippen LogP contribution is 2.34. The van der Waals surface area contributed by atoms with Crippen molar-refractivity contribution in [2.45, 2.75) is 0 Å². The molecule has 8 heteroatoms. The smallest absolute Gasteiger partial charge is 0.281 e. The number of carbonyl (C=O) groups excluding carboxylic acids is 1. The van der Waals surface area contributed by atoms with Crippen molar-refractivity contribution in [2.24, 2.45) is 0 Å². The van der Waals surface area contributed by atoms with Crippen LogP contribution in [0.1, 0.15) is 5.56 Å². The number of ether oxygens (including phenoxy) is 2. The van der Waals surface area contributed by atoms with Crippen LogP contribution in [-0.2, 0) is 4.79 Å². The summed E-state index contributed by atoms with van der Waals surface area (Å²) < 4.78 is 11.4. The number of thiocarbonyl (C=S) groups is 1. The van der Waals surface area contributed by atoms with Gasteiger partial charge in [0.25, 0.3) is 5.91 Å². The maximum Gasteiger partial charge on any atom is 0.281 e. The molecule has 26 heavy (non-hydrogen) atoms. The average Bonchev–Trinajstić information content (AvgIpc) is 2.90. The summed E-state index contributed by atoms with van der Waals surface area (Å²) in [6, 6.07) is 10.4. The van der Waals surface area contributed by atoms with Crippen molar-refractivity contribution in [3.63, 3.8) is 0 Å². The maximum atomic E-state index is 12.8. The third-order valence-corrected chi connectivity index (χ3v) is 4.92. The second-order valence-corrected chi connectivity index (χ2v) is 7.01. The molecule has 2 aromatic rings. The molecule has 0 spiro atoms. The van der Waals surface area contributed by atoms with Crippen molar-refractivity contribution >= 4 is 62.5 Å². The van der Waals surface area contributed by atoms with Crippen LogP contribution >= 0.6 is 39.7 Å². The summed E-state index contributed by atoms with van der Waals surface area (Å²) in [4.78, 5) is 14.2. The van der Waals surface area contributed by atoms with Crippen LogP contribution in [0.3, 0.4) is 0 Å². The van der Waals surface area contributed by atoms with Crippen LogP contribution in [-0.4, -0.2) is 25.2 Å². The second-order valence-electron chi connectivity index (χ2n) is 5.33. The Labute approximate surface area is 169 Å². The van der Waals surface area contributed by atoms with Crippen LogP contribution < -0.4 is 19.7 Å². The molecule has 1 saturated heterocycles. The van der Waals surface area contributed by atoms with E-state index < -0.39 is 0 Å². The van der Waals surface area contributed by atoms with Gasteiger partial charge in [0.1, 0.15) is 17.2 Å². The molecule has 2 aromatic carbocycles. The van der Waals surface area contributed by atoms with Gasteiger partial charge in [-0.05, 0) is 64.6 Å². The molecule has 5 nitrogen and oxygen atoms in total. The summed E-state index contributed by atoms with van der Waals surface area (Å²) in [5, 5.41) is 3.84. The number of methoxy groups -OCH3 is 2. The summed E-state index contributed by atoms with van der Waals surface area (Å²) in [5.74, 6) is 0.947. The fraction of sp³-hybridized carbons (Fsp3) is 0.111. The van der Waals surface area contributed by atoms with Crippen molar-refractivity contribution in [2.75, 3.05) is 19.1 Å². The molecule has 3 rings (SSSR count). The Morgan fingerprint density at radius 3 is 2.42 bits per heavy atom. The number of nitrogens with zero attached hydrogens (tertiary/aromatic N) is 1. The third-order valence-electron chi connectivity index (χ3n) is 3.77. The molecule has 1 aliphatic heterocycles. The van der Waals surface area contributed by atoms with Gasteiger partial charge in [-0.15, -0.1) is 0 Å². The molecule has 0 aliphatic carbocycles. The molecular formula is C18H14BrClN2O3S. The fourth-order valence-corrected chi connectivity index (χ4v) is 3.46. The van der Waals surface area contributed by atoms with Crippen molar-refractivity contribution in [3.8, 4) is 11.5 Å². The molecule has 0 saturated carbocycles. The van der Waals surface area contributed by atoms with Crippen LogP contribution in [0, 0.1) is 0 Å². The average molecular weight is 454 g/mol. The number of anilines is 1. The molecule has 1 N–H and O–H groups in total. The first-order valence-corrected chi connectivity index (χ1v) is 9.06. The highest BCUT2D eigenvalue weighted by Gasteiger charge is 2.32. The number of nitrogens with one attached hydrogen (secondary N) is 1. The number of amides is 1. The van der Waals surface area contributed by atoms with Gasteiger partial charge in [-0.1, -0.05) is 11.6 Å². The van der Waals surface area contributed by atoms with Gasteiger partial charge in [0.2, 0.25) is 0 Å². The maximum absolute atomic E-state index is 12.8. The summed E-state index contributed by atoms with van der Waals surface area (Å²) >= 11 is 14.7. The fourth-order valence-electron chi connectivity index (χ4n) is 2.51. The zero-order valence-corrected chi connectivity index (χ0v) is 17.0. The van der Waals surface area contributed by atoms with E-state index >= 15 is 0 Å². The lowest BCUT2D eigenvalue weighted by atomic mass is 10.1. The molecule has 0 unspecified atom stereocenters. The minimum absolute atomic E-state index is 0.258. The van der Waals surface area contributed by atoms with Gasteiger partial charge < -0.3 is 14.8 Å². The van der Waals surface area contributed by atoms with Gasteiger partial charge in [-0.25, -0.2) is 0 Å². The lowest BCUT2D eigenvalue weighted by molar-refractivity contribution is -0.113. The minimum Gasteiger partial charge on any atom is -0.496 e. The molecule has 0 bridgehead atoms. The highest BCUT2D eigenvalue weighted by atomic mass is 79.9. The Morgan fingerprint density at radius 2 is 1.81 bits per heavy atom. The van der Waals surface area contributed by atoms with Gasteiger partial charge in [-0.2, -0.15) is 0 Å². The zero-order valence-electron chi connectivity index (χ0n) is 13.9. The van der Waals surface area contributed by atoms with E-state index in [1.165, 1.54) is 4.90 Å². The van der Waals surface area contributed by atoms with Crippen LogP contribution in [0.5, 0.6) is 11.5 Å². The molecule has 1 amide bonds. The number of halogens is 2. The zero-order chi connectivity index (χ0) is 18.8. The van der Waals surface area contributed by atoms with E-state index in [1.54, 1.807) is 50.6 Å². The van der Waals surface area contributed by atoms with Gasteiger partial charge in [-0.3, -0.25) is 9.69 Å². The van der Waals surface area contributed by atoms with E-state index in [0.29, 0.717) is 38.6 Å². The van der Waals surface area contributed by atoms with Gasteiger partial charge in [0.15, 0.2) is 5.11 Å². The van der Waals surface area contributed by atoms with Crippen LogP contribution in [0.2, 0.25) is 5.02 Å². The van der Waals surface area contributed by atoms with E-state index in [0.717, 1.165) is 4.47 Å². The molecule has 0 radical (unpaired) electrons. The molecule has 1 aliphatic rings. The quantitative estimate of drug-likeness (QED) is 0.550. The normalized spacial score (nSPS) is 15.4. The first-order valence-electron chi connectivity index (χ1n) is 7.49. The van der Waals surface area contributed by atoms with Gasteiger partial charge in [0.05, 0.1) is 24.4 Å². The summed E-state index contributed by atoms with van der Waals surface area (Å²) in [6.07, 6.45) is 1.69. The van der Waals surface area contributed by atoms with E-state index in [2.05, 4.69) is 21.2 Å². The Balaban J connectivity index is 1.98. The van der Waals surface area contributed by atoms with Crippen molar-refractivity contribution in [1.82, 2.24) is 5.32 Å². The predicted octanol–water partition coefficient (Wildman–Crippen LogP) is 4.38. The Hall–Kier alpha value is -2.09. The van der Waals surface area contributed by atoms with E-state index in [4.69, 9.17) is 33.3 Å². The minimum atomic E-state index is -0.258.